The van der Waals surface area contributed by atoms with E-state index in [-0.39, 0.29) is 24.4 Å². The second-order valence-electron chi connectivity index (χ2n) is 3.95. The van der Waals surface area contributed by atoms with Crippen LogP contribution in [0.5, 0.6) is 0 Å². The van der Waals surface area contributed by atoms with Gasteiger partial charge < -0.3 is 15.4 Å². The maximum Gasteiger partial charge on any atom is 0.255 e. The van der Waals surface area contributed by atoms with Crippen molar-refractivity contribution in [2.75, 3.05) is 26.8 Å². The number of amides is 2. The molecule has 0 heterocycles. The Labute approximate surface area is 125 Å². The Morgan fingerprint density at radius 2 is 2.05 bits per heavy atom. The van der Waals surface area contributed by atoms with Crippen LogP contribution in [0.1, 0.15) is 16.8 Å². The summed E-state index contributed by atoms with van der Waals surface area (Å²) in [5.74, 6) is -1.36. The fourth-order valence-corrected chi connectivity index (χ4v) is 2.00. The van der Waals surface area contributed by atoms with Crippen molar-refractivity contribution in [3.8, 4) is 0 Å². The van der Waals surface area contributed by atoms with Crippen molar-refractivity contribution in [3.63, 3.8) is 0 Å². The molecular weight excluding hydrogens is 331 g/mol. The van der Waals surface area contributed by atoms with Crippen LogP contribution < -0.4 is 10.6 Å². The molecule has 0 aliphatic carbocycles. The highest BCUT2D eigenvalue weighted by Crippen LogP contribution is 2.19. The molecule has 0 bridgehead atoms. The first kappa shape index (κ1) is 16.6. The predicted octanol–water partition coefficient (Wildman–Crippen LogP) is 1.47. The summed E-state index contributed by atoms with van der Waals surface area (Å²) in [6, 6.07) is 4.28. The van der Waals surface area contributed by atoms with E-state index < -0.39 is 11.7 Å². The summed E-state index contributed by atoms with van der Waals surface area (Å²) in [5.41, 5.74) is -0.0627. The summed E-state index contributed by atoms with van der Waals surface area (Å²) in [4.78, 5) is 23.2. The average molecular weight is 347 g/mol. The molecule has 1 rings (SSSR count). The first-order chi connectivity index (χ1) is 9.56. The van der Waals surface area contributed by atoms with Crippen LogP contribution in [0.4, 0.5) is 4.39 Å². The highest BCUT2D eigenvalue weighted by molar-refractivity contribution is 9.10. The van der Waals surface area contributed by atoms with Crippen molar-refractivity contribution in [1.82, 2.24) is 10.6 Å². The number of rotatable bonds is 7. The number of carbonyl (C=O) groups excluding carboxylic acids is 2. The third kappa shape index (κ3) is 5.26. The van der Waals surface area contributed by atoms with Crippen LogP contribution in [0.15, 0.2) is 22.7 Å². The van der Waals surface area contributed by atoms with Gasteiger partial charge in [0.15, 0.2) is 0 Å². The van der Waals surface area contributed by atoms with Gasteiger partial charge in [-0.1, -0.05) is 6.07 Å². The number of carbonyl (C=O) groups is 2. The van der Waals surface area contributed by atoms with Crippen LogP contribution >= 0.6 is 15.9 Å². The number of halogens is 2. The van der Waals surface area contributed by atoms with Crippen LogP contribution in [0.2, 0.25) is 0 Å². The first-order valence-electron chi connectivity index (χ1n) is 6.04. The first-order valence-corrected chi connectivity index (χ1v) is 6.83. The van der Waals surface area contributed by atoms with Crippen molar-refractivity contribution >= 4 is 27.7 Å². The molecule has 2 amide bonds. The lowest BCUT2D eigenvalue weighted by Gasteiger charge is -2.08. The Morgan fingerprint density at radius 3 is 2.70 bits per heavy atom. The molecule has 1 aromatic rings. The third-order valence-corrected chi connectivity index (χ3v) is 3.12. The monoisotopic (exact) mass is 346 g/mol. The van der Waals surface area contributed by atoms with Gasteiger partial charge in [0.25, 0.3) is 5.91 Å². The van der Waals surface area contributed by atoms with Gasteiger partial charge in [0.2, 0.25) is 5.91 Å². The second kappa shape index (κ2) is 8.65. The van der Waals surface area contributed by atoms with Crippen molar-refractivity contribution in [1.29, 1.82) is 0 Å². The molecule has 1 aromatic carbocycles. The summed E-state index contributed by atoms with van der Waals surface area (Å²) < 4.78 is 18.7. The van der Waals surface area contributed by atoms with E-state index in [0.29, 0.717) is 17.6 Å². The third-order valence-electron chi connectivity index (χ3n) is 2.46. The zero-order chi connectivity index (χ0) is 15.0. The minimum absolute atomic E-state index is 0.0627. The molecule has 0 saturated carbocycles. The smallest absolute Gasteiger partial charge is 0.255 e. The van der Waals surface area contributed by atoms with Crippen LogP contribution in [-0.4, -0.2) is 38.6 Å². The van der Waals surface area contributed by atoms with Crippen molar-refractivity contribution in [2.45, 2.75) is 6.42 Å². The quantitative estimate of drug-likeness (QED) is 0.734. The van der Waals surface area contributed by atoms with E-state index in [1.807, 2.05) is 0 Å². The zero-order valence-electron chi connectivity index (χ0n) is 11.0. The van der Waals surface area contributed by atoms with Gasteiger partial charge in [-0.05, 0) is 28.1 Å². The fraction of sp³-hybridized carbons (Fsp3) is 0.385. The fourth-order valence-electron chi connectivity index (χ4n) is 1.47. The molecule has 2 N–H and O–H groups in total. The Hall–Kier alpha value is -1.47. The van der Waals surface area contributed by atoms with Crippen LogP contribution in [0, 0.1) is 5.82 Å². The van der Waals surface area contributed by atoms with E-state index in [9.17, 15) is 14.0 Å². The molecule has 20 heavy (non-hydrogen) atoms. The summed E-state index contributed by atoms with van der Waals surface area (Å²) in [5, 5.41) is 5.12. The van der Waals surface area contributed by atoms with E-state index >= 15 is 0 Å². The SMILES string of the molecule is COCCNC(=O)CCNC(=O)c1c(F)cccc1Br. The maximum absolute atomic E-state index is 13.5. The standard InChI is InChI=1S/C13H16BrFN2O3/c1-20-8-7-16-11(18)5-6-17-13(19)12-9(14)3-2-4-10(12)15/h2-4H,5-8H2,1H3,(H,16,18)(H,17,19). The summed E-state index contributed by atoms with van der Waals surface area (Å²) in [6.45, 7) is 0.987. The average Bonchev–Trinajstić information content (AvgIpc) is 2.39. The van der Waals surface area contributed by atoms with Gasteiger partial charge in [-0.3, -0.25) is 9.59 Å². The molecule has 0 aromatic heterocycles. The number of nitrogens with one attached hydrogen (secondary N) is 2. The highest BCUT2D eigenvalue weighted by atomic mass is 79.9. The van der Waals surface area contributed by atoms with Crippen LogP contribution in [0.25, 0.3) is 0 Å². The van der Waals surface area contributed by atoms with Gasteiger partial charge in [-0.2, -0.15) is 0 Å². The predicted molar refractivity (Wildman–Crippen MR) is 75.9 cm³/mol. The molecule has 0 fully saturated rings. The number of methoxy groups -OCH3 is 1. The summed E-state index contributed by atoms with van der Waals surface area (Å²) in [7, 11) is 1.54. The summed E-state index contributed by atoms with van der Waals surface area (Å²) >= 11 is 3.12. The summed E-state index contributed by atoms with van der Waals surface area (Å²) in [6.07, 6.45) is 0.127. The molecular formula is C13H16BrFN2O3. The van der Waals surface area contributed by atoms with Crippen molar-refractivity contribution < 1.29 is 18.7 Å². The molecule has 110 valence electrons. The Morgan fingerprint density at radius 1 is 1.30 bits per heavy atom. The topological polar surface area (TPSA) is 67.4 Å². The Balaban J connectivity index is 2.39. The minimum atomic E-state index is -0.610. The molecule has 7 heteroatoms. The van der Waals surface area contributed by atoms with Gasteiger partial charge in [0.05, 0.1) is 12.2 Å². The van der Waals surface area contributed by atoms with Crippen molar-refractivity contribution in [2.24, 2.45) is 0 Å². The largest absolute Gasteiger partial charge is 0.383 e. The minimum Gasteiger partial charge on any atom is -0.383 e. The highest BCUT2D eigenvalue weighted by Gasteiger charge is 2.15. The number of hydrogen-bond donors (Lipinski definition) is 2. The van der Waals surface area contributed by atoms with Gasteiger partial charge in [-0.25, -0.2) is 4.39 Å². The lowest BCUT2D eigenvalue weighted by atomic mass is 10.2. The molecule has 0 aliphatic rings. The Bertz CT molecular complexity index is 462. The molecule has 0 aliphatic heterocycles. The lowest BCUT2D eigenvalue weighted by Crippen LogP contribution is -2.32. The van der Waals surface area contributed by atoms with Gasteiger partial charge in [0.1, 0.15) is 5.82 Å². The Kier molecular flexibility index (Phi) is 7.17. The normalized spacial score (nSPS) is 10.2. The van der Waals surface area contributed by atoms with Gasteiger partial charge in [0, 0.05) is 31.1 Å². The van der Waals surface area contributed by atoms with Crippen LogP contribution in [-0.2, 0) is 9.53 Å². The zero-order valence-corrected chi connectivity index (χ0v) is 12.6. The molecule has 0 radical (unpaired) electrons. The molecule has 0 atom stereocenters. The van der Waals surface area contributed by atoms with E-state index in [1.54, 1.807) is 13.2 Å². The van der Waals surface area contributed by atoms with E-state index in [1.165, 1.54) is 12.1 Å². The maximum atomic E-state index is 13.5. The molecule has 0 spiro atoms. The number of ether oxygens (including phenoxy) is 1. The van der Waals surface area contributed by atoms with Crippen molar-refractivity contribution in [3.05, 3.63) is 34.1 Å². The van der Waals surface area contributed by atoms with E-state index in [0.717, 1.165) is 0 Å². The van der Waals surface area contributed by atoms with Crippen LogP contribution in [0.3, 0.4) is 0 Å². The molecule has 0 unspecified atom stereocenters. The number of benzene rings is 1. The van der Waals surface area contributed by atoms with E-state index in [2.05, 4.69) is 26.6 Å². The molecule has 0 saturated heterocycles. The second-order valence-corrected chi connectivity index (χ2v) is 4.80. The van der Waals surface area contributed by atoms with Gasteiger partial charge in [-0.15, -0.1) is 0 Å². The van der Waals surface area contributed by atoms with E-state index in [4.69, 9.17) is 4.74 Å². The molecule has 5 nitrogen and oxygen atoms in total. The number of hydrogen-bond acceptors (Lipinski definition) is 3. The van der Waals surface area contributed by atoms with Gasteiger partial charge >= 0.3 is 0 Å². The lowest BCUT2D eigenvalue weighted by molar-refractivity contribution is -0.121.